The fraction of sp³-hybridized carbons (Fsp3) is 0.611. The summed E-state index contributed by atoms with van der Waals surface area (Å²) in [6, 6.07) is 0. The highest BCUT2D eigenvalue weighted by Gasteiger charge is 2.38. The third-order valence-corrected chi connectivity index (χ3v) is 5.58. The number of aromatic nitrogens is 3. The van der Waals surface area contributed by atoms with Crippen molar-refractivity contribution in [3.05, 3.63) is 22.8 Å². The normalized spacial score (nSPS) is 16.5. The number of amides is 2. The SMILES string of the molecule is CC(=O)NC1(c2noc(CCC(=O)Nc3nc(C)cs3)n2)CCCCCC1. The fourth-order valence-corrected chi connectivity index (χ4v) is 4.14. The van der Waals surface area contributed by atoms with E-state index in [1.165, 1.54) is 18.3 Å². The number of hydrogen-bond donors (Lipinski definition) is 2. The molecule has 2 aromatic heterocycles. The van der Waals surface area contributed by atoms with Gasteiger partial charge in [0.2, 0.25) is 17.7 Å². The molecule has 2 heterocycles. The number of nitrogens with zero attached hydrogens (tertiary/aromatic N) is 3. The predicted molar refractivity (Wildman–Crippen MR) is 101 cm³/mol. The molecule has 0 radical (unpaired) electrons. The van der Waals surface area contributed by atoms with Gasteiger partial charge in [-0.2, -0.15) is 4.98 Å². The van der Waals surface area contributed by atoms with Crippen molar-refractivity contribution in [1.29, 1.82) is 0 Å². The van der Waals surface area contributed by atoms with Crippen LogP contribution in [0.4, 0.5) is 5.13 Å². The maximum Gasteiger partial charge on any atom is 0.227 e. The van der Waals surface area contributed by atoms with Crippen molar-refractivity contribution in [2.45, 2.75) is 70.8 Å². The molecule has 146 valence electrons. The summed E-state index contributed by atoms with van der Waals surface area (Å²) < 4.78 is 5.36. The zero-order valence-corrected chi connectivity index (χ0v) is 16.5. The molecule has 1 saturated carbocycles. The first kappa shape index (κ1) is 19.5. The minimum atomic E-state index is -0.565. The Morgan fingerprint density at radius 3 is 2.59 bits per heavy atom. The highest BCUT2D eigenvalue weighted by Crippen LogP contribution is 2.34. The zero-order valence-electron chi connectivity index (χ0n) is 15.7. The van der Waals surface area contributed by atoms with Gasteiger partial charge in [-0.15, -0.1) is 11.3 Å². The molecule has 8 nitrogen and oxygen atoms in total. The molecule has 0 atom stereocenters. The summed E-state index contributed by atoms with van der Waals surface area (Å²) >= 11 is 1.39. The summed E-state index contributed by atoms with van der Waals surface area (Å²) in [5, 5.41) is 12.4. The molecule has 0 aliphatic heterocycles. The third-order valence-electron chi connectivity index (χ3n) is 4.70. The van der Waals surface area contributed by atoms with E-state index in [2.05, 4.69) is 25.8 Å². The Kier molecular flexibility index (Phi) is 6.20. The Hall–Kier alpha value is -2.29. The van der Waals surface area contributed by atoms with E-state index < -0.39 is 5.54 Å². The van der Waals surface area contributed by atoms with Crippen molar-refractivity contribution in [2.24, 2.45) is 0 Å². The van der Waals surface area contributed by atoms with Crippen LogP contribution in [0.2, 0.25) is 0 Å². The van der Waals surface area contributed by atoms with E-state index >= 15 is 0 Å². The lowest BCUT2D eigenvalue weighted by molar-refractivity contribution is -0.121. The minimum absolute atomic E-state index is 0.0960. The van der Waals surface area contributed by atoms with Gasteiger partial charge in [0.05, 0.1) is 5.69 Å². The van der Waals surface area contributed by atoms with Crippen LogP contribution in [-0.2, 0) is 21.5 Å². The molecule has 1 fully saturated rings. The molecule has 2 aromatic rings. The molecule has 2 N–H and O–H groups in total. The van der Waals surface area contributed by atoms with Crippen LogP contribution in [0.1, 0.15) is 69.3 Å². The van der Waals surface area contributed by atoms with Gasteiger partial charge in [-0.1, -0.05) is 30.8 Å². The lowest BCUT2D eigenvalue weighted by Crippen LogP contribution is -2.45. The van der Waals surface area contributed by atoms with Gasteiger partial charge in [0.25, 0.3) is 0 Å². The average Bonchev–Trinajstić information content (AvgIpc) is 3.18. The van der Waals surface area contributed by atoms with Crippen molar-refractivity contribution < 1.29 is 14.1 Å². The molecule has 0 aromatic carbocycles. The zero-order chi connectivity index (χ0) is 19.3. The van der Waals surface area contributed by atoms with Gasteiger partial charge < -0.3 is 15.2 Å². The van der Waals surface area contributed by atoms with Gasteiger partial charge in [0.1, 0.15) is 5.54 Å². The molecular formula is C18H25N5O3S. The summed E-state index contributed by atoms with van der Waals surface area (Å²) in [4.78, 5) is 32.5. The number of hydrogen-bond acceptors (Lipinski definition) is 7. The second-order valence-electron chi connectivity index (χ2n) is 7.03. The van der Waals surface area contributed by atoms with Gasteiger partial charge in [-0.25, -0.2) is 4.98 Å². The average molecular weight is 391 g/mol. The van der Waals surface area contributed by atoms with Crippen LogP contribution in [0.25, 0.3) is 0 Å². The predicted octanol–water partition coefficient (Wildman–Crippen LogP) is 3.09. The van der Waals surface area contributed by atoms with Crippen LogP contribution in [0, 0.1) is 6.92 Å². The van der Waals surface area contributed by atoms with Crippen LogP contribution in [0.5, 0.6) is 0 Å². The van der Waals surface area contributed by atoms with E-state index in [1.807, 2.05) is 12.3 Å². The molecule has 1 aliphatic rings. The first-order valence-corrected chi connectivity index (χ1v) is 10.2. The van der Waals surface area contributed by atoms with Crippen molar-refractivity contribution in [1.82, 2.24) is 20.4 Å². The first-order valence-electron chi connectivity index (χ1n) is 9.31. The monoisotopic (exact) mass is 391 g/mol. The topological polar surface area (TPSA) is 110 Å². The van der Waals surface area contributed by atoms with E-state index in [1.54, 1.807) is 0 Å². The maximum absolute atomic E-state index is 12.1. The number of carbonyl (C=O) groups excluding carboxylic acids is 2. The molecule has 0 bridgehead atoms. The number of rotatable bonds is 6. The maximum atomic E-state index is 12.1. The Bertz CT molecular complexity index is 793. The van der Waals surface area contributed by atoms with E-state index in [4.69, 9.17) is 4.52 Å². The molecule has 0 unspecified atom stereocenters. The Morgan fingerprint density at radius 2 is 1.96 bits per heavy atom. The van der Waals surface area contributed by atoms with Gasteiger partial charge >= 0.3 is 0 Å². The quantitative estimate of drug-likeness (QED) is 0.732. The van der Waals surface area contributed by atoms with Gasteiger partial charge in [-0.05, 0) is 19.8 Å². The Balaban J connectivity index is 1.63. The Morgan fingerprint density at radius 1 is 1.22 bits per heavy atom. The fourth-order valence-electron chi connectivity index (χ4n) is 3.44. The molecule has 9 heteroatoms. The number of anilines is 1. The summed E-state index contributed by atoms with van der Waals surface area (Å²) in [5.41, 5.74) is 0.314. The molecule has 1 aliphatic carbocycles. The number of aryl methyl sites for hydroxylation is 2. The van der Waals surface area contributed by atoms with Crippen molar-refractivity contribution in [3.8, 4) is 0 Å². The van der Waals surface area contributed by atoms with Crippen LogP contribution in [-0.4, -0.2) is 26.9 Å². The summed E-state index contributed by atoms with van der Waals surface area (Å²) in [7, 11) is 0. The molecular weight excluding hydrogens is 366 g/mol. The Labute approximate surface area is 162 Å². The minimum Gasteiger partial charge on any atom is -0.343 e. The molecule has 0 saturated heterocycles. The van der Waals surface area contributed by atoms with Gasteiger partial charge in [-0.3, -0.25) is 9.59 Å². The summed E-state index contributed by atoms with van der Waals surface area (Å²) in [5.74, 6) is 0.687. The molecule has 27 heavy (non-hydrogen) atoms. The van der Waals surface area contributed by atoms with E-state index in [0.29, 0.717) is 23.3 Å². The van der Waals surface area contributed by atoms with Crippen LogP contribution in [0.3, 0.4) is 0 Å². The van der Waals surface area contributed by atoms with E-state index in [0.717, 1.165) is 44.2 Å². The lowest BCUT2D eigenvalue weighted by atomic mass is 9.89. The number of nitrogens with one attached hydrogen (secondary N) is 2. The number of carbonyl (C=O) groups is 2. The second-order valence-corrected chi connectivity index (χ2v) is 7.89. The van der Waals surface area contributed by atoms with E-state index in [-0.39, 0.29) is 18.2 Å². The molecule has 3 rings (SSSR count). The smallest absolute Gasteiger partial charge is 0.227 e. The van der Waals surface area contributed by atoms with Gasteiger partial charge in [0, 0.05) is 25.1 Å². The van der Waals surface area contributed by atoms with Crippen molar-refractivity contribution >= 4 is 28.3 Å². The van der Waals surface area contributed by atoms with E-state index in [9.17, 15) is 9.59 Å². The summed E-state index contributed by atoms with van der Waals surface area (Å²) in [6.07, 6.45) is 6.49. The highest BCUT2D eigenvalue weighted by atomic mass is 32.1. The first-order chi connectivity index (χ1) is 13.0. The van der Waals surface area contributed by atoms with Crippen LogP contribution >= 0.6 is 11.3 Å². The highest BCUT2D eigenvalue weighted by molar-refractivity contribution is 7.13. The number of thiazole rings is 1. The molecule has 2 amide bonds. The van der Waals surface area contributed by atoms with Gasteiger partial charge in [0.15, 0.2) is 11.0 Å². The largest absolute Gasteiger partial charge is 0.343 e. The summed E-state index contributed by atoms with van der Waals surface area (Å²) in [6.45, 7) is 3.39. The van der Waals surface area contributed by atoms with Crippen molar-refractivity contribution in [2.75, 3.05) is 5.32 Å². The second kappa shape index (κ2) is 8.60. The standard InChI is InChI=1S/C18H25N5O3S/c1-12-11-27-17(19-12)20-14(25)7-8-15-21-16(23-26-15)18(22-13(2)24)9-5-3-4-6-10-18/h11H,3-10H2,1-2H3,(H,22,24)(H,19,20,25). The van der Waals surface area contributed by atoms with Crippen molar-refractivity contribution in [3.63, 3.8) is 0 Å². The van der Waals surface area contributed by atoms with Crippen LogP contribution in [0.15, 0.2) is 9.90 Å². The van der Waals surface area contributed by atoms with Crippen LogP contribution < -0.4 is 10.6 Å². The molecule has 0 spiro atoms. The third kappa shape index (κ3) is 5.12. The lowest BCUT2D eigenvalue weighted by Gasteiger charge is -2.30.